The van der Waals surface area contributed by atoms with E-state index >= 15 is 0 Å². The molecule has 3 nitrogen and oxygen atoms in total. The molecular formula is C49H85NO2. The van der Waals surface area contributed by atoms with E-state index in [1.54, 1.807) is 57.8 Å². The van der Waals surface area contributed by atoms with E-state index in [0.717, 1.165) is 103 Å². The van der Waals surface area contributed by atoms with E-state index in [1.165, 1.54) is 96.3 Å². The van der Waals surface area contributed by atoms with Gasteiger partial charge in [-0.1, -0.05) is 83.8 Å². The molecule has 0 aromatic carbocycles. The summed E-state index contributed by atoms with van der Waals surface area (Å²) in [5.74, 6) is 13.0. The van der Waals surface area contributed by atoms with Crippen molar-refractivity contribution in [2.45, 2.75) is 199 Å². The first-order valence-corrected chi connectivity index (χ1v) is 24.0. The van der Waals surface area contributed by atoms with Gasteiger partial charge in [-0.3, -0.25) is 0 Å². The van der Waals surface area contributed by atoms with Gasteiger partial charge < -0.3 is 14.4 Å². The summed E-state index contributed by atoms with van der Waals surface area (Å²) < 4.78 is 13.3. The molecule has 7 rings (SSSR count). The molecule has 0 bridgehead atoms. The first-order chi connectivity index (χ1) is 25.4. The molecule has 6 aliphatic carbocycles. The summed E-state index contributed by atoms with van der Waals surface area (Å²) in [6.07, 6.45) is 43.5. The Morgan fingerprint density at radius 2 is 1.00 bits per heavy atom. The lowest BCUT2D eigenvalue weighted by atomic mass is 9.99. The molecule has 1 aliphatic heterocycles. The fraction of sp³-hybridized carbons (Fsp3) is 0.959. The van der Waals surface area contributed by atoms with Crippen LogP contribution in [0, 0.1) is 71.0 Å². The van der Waals surface area contributed by atoms with Crippen LogP contribution in [0.4, 0.5) is 0 Å². The number of unbranched alkanes of at least 4 members (excludes halogenated alkanes) is 8. The SMILES string of the molecule is CCC1CC1CC1CC1CC1CC1CC=CCCCCCC1(CCCCCCCCC2CC2CC2CC2CC2CC2CC)OCC(CCN(C)C)O1. The third-order valence-electron chi connectivity index (χ3n) is 16.1. The van der Waals surface area contributed by atoms with Crippen molar-refractivity contribution in [3.05, 3.63) is 12.2 Å². The van der Waals surface area contributed by atoms with Crippen molar-refractivity contribution >= 4 is 0 Å². The van der Waals surface area contributed by atoms with Crippen LogP contribution in [0.2, 0.25) is 0 Å². The van der Waals surface area contributed by atoms with Crippen molar-refractivity contribution < 1.29 is 9.47 Å². The van der Waals surface area contributed by atoms with Gasteiger partial charge in [0.15, 0.2) is 5.79 Å². The largest absolute Gasteiger partial charge is 0.347 e. The highest BCUT2D eigenvalue weighted by Crippen LogP contribution is 2.59. The molecule has 0 N–H and O–H groups in total. The summed E-state index contributed by atoms with van der Waals surface area (Å²) in [4.78, 5) is 2.28. The predicted molar refractivity (Wildman–Crippen MR) is 219 cm³/mol. The average Bonchev–Trinajstić information content (AvgIpc) is 3.89. The molecule has 0 radical (unpaired) electrons. The maximum absolute atomic E-state index is 6.75. The zero-order valence-corrected chi connectivity index (χ0v) is 34.9. The summed E-state index contributed by atoms with van der Waals surface area (Å²) >= 11 is 0. The zero-order chi connectivity index (χ0) is 35.9. The van der Waals surface area contributed by atoms with Crippen molar-refractivity contribution in [2.24, 2.45) is 71.0 Å². The van der Waals surface area contributed by atoms with Gasteiger partial charge in [0, 0.05) is 19.4 Å². The Morgan fingerprint density at radius 3 is 1.60 bits per heavy atom. The second-order valence-corrected chi connectivity index (χ2v) is 20.8. The minimum Gasteiger partial charge on any atom is -0.347 e. The molecule has 14 unspecified atom stereocenters. The molecule has 7 fully saturated rings. The van der Waals surface area contributed by atoms with Crippen LogP contribution < -0.4 is 0 Å². The molecule has 1 heterocycles. The molecule has 298 valence electrons. The third kappa shape index (κ3) is 12.8. The second kappa shape index (κ2) is 19.2. The molecule has 0 aromatic rings. The van der Waals surface area contributed by atoms with E-state index in [9.17, 15) is 0 Å². The van der Waals surface area contributed by atoms with Gasteiger partial charge in [0.25, 0.3) is 0 Å². The standard InChI is InChI=1S/C49H85NO2/c1-5-36-25-40(36)29-44-33-46(44)31-42-27-38(42)19-15-11-7-9-13-17-22-49(51-35-48(52-49)21-24-50(3)4)23-18-14-10-8-12-16-20-39-28-43(39)32-47-34-45(47)30-41-26-37(41)6-2/h11,15,36-48H,5-10,12-14,16-35H2,1-4H3. The molecule has 0 aromatic heterocycles. The van der Waals surface area contributed by atoms with Gasteiger partial charge in [0.1, 0.15) is 0 Å². The molecule has 7 aliphatic rings. The van der Waals surface area contributed by atoms with Crippen LogP contribution in [0.1, 0.15) is 187 Å². The van der Waals surface area contributed by atoms with Crippen LogP contribution in [-0.2, 0) is 9.47 Å². The summed E-state index contributed by atoms with van der Waals surface area (Å²) in [5, 5.41) is 0. The Bertz CT molecular complexity index is 1090. The molecule has 3 heteroatoms. The molecule has 6 saturated carbocycles. The van der Waals surface area contributed by atoms with Gasteiger partial charge in [-0.05, 0) is 188 Å². The Morgan fingerprint density at radius 1 is 0.519 bits per heavy atom. The molecule has 14 atom stereocenters. The highest BCUT2D eigenvalue weighted by Gasteiger charge is 2.49. The fourth-order valence-electron chi connectivity index (χ4n) is 11.6. The lowest BCUT2D eigenvalue weighted by Crippen LogP contribution is -2.31. The third-order valence-corrected chi connectivity index (χ3v) is 16.1. The Balaban J connectivity index is 0.688. The molecule has 52 heavy (non-hydrogen) atoms. The Labute approximate surface area is 323 Å². The summed E-state index contributed by atoms with van der Waals surface area (Å²) in [7, 11) is 4.34. The van der Waals surface area contributed by atoms with E-state index in [2.05, 4.69) is 45.0 Å². The number of nitrogens with zero attached hydrogens (tertiary/aromatic N) is 1. The van der Waals surface area contributed by atoms with Crippen LogP contribution in [0.15, 0.2) is 12.2 Å². The molecule has 0 amide bonds. The summed E-state index contributed by atoms with van der Waals surface area (Å²) in [6, 6.07) is 0. The van der Waals surface area contributed by atoms with Crippen LogP contribution in [0.5, 0.6) is 0 Å². The van der Waals surface area contributed by atoms with Gasteiger partial charge in [0.05, 0.1) is 12.7 Å². The zero-order valence-electron chi connectivity index (χ0n) is 34.9. The van der Waals surface area contributed by atoms with Crippen LogP contribution in [-0.4, -0.2) is 44.0 Å². The van der Waals surface area contributed by atoms with Crippen molar-refractivity contribution in [1.29, 1.82) is 0 Å². The number of hydrogen-bond acceptors (Lipinski definition) is 3. The van der Waals surface area contributed by atoms with Crippen molar-refractivity contribution in [2.75, 3.05) is 27.2 Å². The van der Waals surface area contributed by atoms with E-state index in [-0.39, 0.29) is 11.9 Å². The van der Waals surface area contributed by atoms with Gasteiger partial charge in [-0.2, -0.15) is 0 Å². The van der Waals surface area contributed by atoms with E-state index < -0.39 is 0 Å². The monoisotopic (exact) mass is 720 g/mol. The fourth-order valence-corrected chi connectivity index (χ4v) is 11.6. The highest BCUT2D eigenvalue weighted by molar-refractivity contribution is 5.01. The highest BCUT2D eigenvalue weighted by atomic mass is 16.7. The maximum Gasteiger partial charge on any atom is 0.168 e. The van der Waals surface area contributed by atoms with Crippen LogP contribution >= 0.6 is 0 Å². The minimum atomic E-state index is -0.303. The predicted octanol–water partition coefficient (Wildman–Crippen LogP) is 13.3. The first-order valence-electron chi connectivity index (χ1n) is 24.0. The first kappa shape index (κ1) is 39.8. The minimum absolute atomic E-state index is 0.276. The van der Waals surface area contributed by atoms with Gasteiger partial charge in [0.2, 0.25) is 0 Å². The summed E-state index contributed by atoms with van der Waals surface area (Å²) in [5.41, 5.74) is 0. The van der Waals surface area contributed by atoms with E-state index in [1.807, 2.05) is 0 Å². The van der Waals surface area contributed by atoms with Gasteiger partial charge in [-0.15, -0.1) is 0 Å². The smallest absolute Gasteiger partial charge is 0.168 e. The van der Waals surface area contributed by atoms with Gasteiger partial charge in [-0.25, -0.2) is 0 Å². The lowest BCUT2D eigenvalue weighted by molar-refractivity contribution is -0.180. The lowest BCUT2D eigenvalue weighted by Gasteiger charge is -2.28. The topological polar surface area (TPSA) is 21.7 Å². The number of rotatable bonds is 30. The second-order valence-electron chi connectivity index (χ2n) is 20.8. The normalized spacial score (nSPS) is 41.3. The number of allylic oxidation sites excluding steroid dienone is 2. The molecule has 0 spiro atoms. The van der Waals surface area contributed by atoms with Gasteiger partial charge >= 0.3 is 0 Å². The van der Waals surface area contributed by atoms with Crippen LogP contribution in [0.3, 0.4) is 0 Å². The summed E-state index contributed by atoms with van der Waals surface area (Å²) in [6.45, 7) is 6.66. The maximum atomic E-state index is 6.75. The Hall–Kier alpha value is -0.380. The van der Waals surface area contributed by atoms with E-state index in [0.29, 0.717) is 0 Å². The van der Waals surface area contributed by atoms with Crippen molar-refractivity contribution in [1.82, 2.24) is 4.90 Å². The van der Waals surface area contributed by atoms with Crippen LogP contribution in [0.25, 0.3) is 0 Å². The Kier molecular flexibility index (Phi) is 14.7. The quantitative estimate of drug-likeness (QED) is 0.0545. The van der Waals surface area contributed by atoms with Crippen molar-refractivity contribution in [3.63, 3.8) is 0 Å². The molecular weight excluding hydrogens is 635 g/mol. The molecule has 1 saturated heterocycles. The van der Waals surface area contributed by atoms with Crippen molar-refractivity contribution in [3.8, 4) is 0 Å². The number of ether oxygens (including phenoxy) is 2. The number of hydrogen-bond donors (Lipinski definition) is 0. The van der Waals surface area contributed by atoms with E-state index in [4.69, 9.17) is 9.47 Å². The average molecular weight is 720 g/mol.